The number of anilines is 1. The van der Waals surface area contributed by atoms with Gasteiger partial charge in [0.05, 0.1) is 0 Å². The molecule has 2 nitrogen and oxygen atoms in total. The summed E-state index contributed by atoms with van der Waals surface area (Å²) in [6.45, 7) is 5.74. The van der Waals surface area contributed by atoms with Crippen molar-refractivity contribution in [1.29, 1.82) is 0 Å². The molecule has 1 aliphatic heterocycles. The van der Waals surface area contributed by atoms with Crippen LogP contribution in [0.5, 0.6) is 0 Å². The van der Waals surface area contributed by atoms with E-state index in [9.17, 15) is 0 Å². The van der Waals surface area contributed by atoms with Crippen molar-refractivity contribution >= 4 is 17.4 Å². The first-order chi connectivity index (χ1) is 9.23. The molecule has 0 spiro atoms. The van der Waals surface area contributed by atoms with Gasteiger partial charge in [0.25, 0.3) is 0 Å². The molecule has 0 amide bonds. The molecule has 1 aromatic carbocycles. The second kappa shape index (κ2) is 5.37. The Morgan fingerprint density at radius 2 is 2.16 bits per heavy atom. The van der Waals surface area contributed by atoms with Crippen LogP contribution < -0.4 is 10.2 Å². The maximum Gasteiger partial charge on any atom is 0.0412 e. The Morgan fingerprint density at radius 3 is 2.89 bits per heavy atom. The lowest BCUT2D eigenvalue weighted by molar-refractivity contribution is 0.317. The van der Waals surface area contributed by atoms with E-state index in [0.717, 1.165) is 25.6 Å². The fourth-order valence-electron chi connectivity index (χ4n) is 3.20. The second-order valence-corrected chi connectivity index (χ2v) is 7.07. The minimum absolute atomic E-state index is 0.289. The maximum atomic E-state index is 3.83. The highest BCUT2D eigenvalue weighted by molar-refractivity contribution is 7.98. The summed E-state index contributed by atoms with van der Waals surface area (Å²) in [4.78, 5) is 2.60. The number of thioether (sulfide) groups is 1. The summed E-state index contributed by atoms with van der Waals surface area (Å²) in [5.41, 5.74) is 3.18. The lowest BCUT2D eigenvalue weighted by Gasteiger charge is -2.35. The van der Waals surface area contributed by atoms with Crippen molar-refractivity contribution in [3.8, 4) is 0 Å². The number of fused-ring (bicyclic) bond motifs is 1. The Balaban J connectivity index is 1.87. The van der Waals surface area contributed by atoms with Crippen molar-refractivity contribution in [2.75, 3.05) is 30.0 Å². The number of hydrogen-bond donors (Lipinski definition) is 1. The Kier molecular flexibility index (Phi) is 3.77. The van der Waals surface area contributed by atoms with Crippen molar-refractivity contribution in [3.05, 3.63) is 29.8 Å². The van der Waals surface area contributed by atoms with Gasteiger partial charge < -0.3 is 10.2 Å². The molecule has 0 bridgehead atoms. The van der Waals surface area contributed by atoms with Crippen LogP contribution in [0.25, 0.3) is 0 Å². The molecule has 0 saturated heterocycles. The van der Waals surface area contributed by atoms with E-state index in [1.165, 1.54) is 29.8 Å². The summed E-state index contributed by atoms with van der Waals surface area (Å²) in [5.74, 6) is 2.08. The highest BCUT2D eigenvalue weighted by Crippen LogP contribution is 2.42. The van der Waals surface area contributed by atoms with Gasteiger partial charge in [-0.1, -0.05) is 18.2 Å². The summed E-state index contributed by atoms with van der Waals surface area (Å²) < 4.78 is 0. The van der Waals surface area contributed by atoms with Gasteiger partial charge in [-0.25, -0.2) is 0 Å². The first kappa shape index (κ1) is 13.3. The average Bonchev–Trinajstić information content (AvgIpc) is 3.26. The summed E-state index contributed by atoms with van der Waals surface area (Å²) in [6, 6.07) is 8.89. The predicted octanol–water partition coefficient (Wildman–Crippen LogP) is 3.13. The molecule has 1 N–H and O–H groups in total. The van der Waals surface area contributed by atoms with E-state index < -0.39 is 0 Å². The lowest BCUT2D eigenvalue weighted by Crippen LogP contribution is -2.51. The van der Waals surface area contributed by atoms with E-state index in [4.69, 9.17) is 0 Å². The van der Waals surface area contributed by atoms with Crippen LogP contribution in [0.2, 0.25) is 0 Å². The fourth-order valence-corrected chi connectivity index (χ4v) is 3.60. The van der Waals surface area contributed by atoms with Crippen molar-refractivity contribution in [3.63, 3.8) is 0 Å². The van der Waals surface area contributed by atoms with Gasteiger partial charge in [0.2, 0.25) is 0 Å². The van der Waals surface area contributed by atoms with Gasteiger partial charge in [-0.3, -0.25) is 0 Å². The van der Waals surface area contributed by atoms with E-state index in [0.29, 0.717) is 0 Å². The number of para-hydroxylation sites is 1. The second-order valence-electron chi connectivity index (χ2n) is 6.09. The molecule has 1 fully saturated rings. The zero-order chi connectivity index (χ0) is 13.3. The quantitative estimate of drug-likeness (QED) is 0.909. The molecule has 19 heavy (non-hydrogen) atoms. The van der Waals surface area contributed by atoms with Crippen LogP contribution in [0.3, 0.4) is 0 Å². The smallest absolute Gasteiger partial charge is 0.0412 e. The molecule has 3 rings (SSSR count). The maximum absolute atomic E-state index is 3.83. The van der Waals surface area contributed by atoms with Crippen molar-refractivity contribution in [1.82, 2.24) is 5.32 Å². The van der Waals surface area contributed by atoms with Crippen molar-refractivity contribution in [2.45, 2.75) is 31.8 Å². The summed E-state index contributed by atoms with van der Waals surface area (Å²) in [6.07, 6.45) is 4.99. The van der Waals surface area contributed by atoms with Crippen molar-refractivity contribution in [2.24, 2.45) is 5.92 Å². The molecule has 3 heteroatoms. The minimum atomic E-state index is 0.289. The largest absolute Gasteiger partial charge is 0.369 e. The van der Waals surface area contributed by atoms with Crippen LogP contribution in [0, 0.1) is 5.92 Å². The van der Waals surface area contributed by atoms with Gasteiger partial charge in [-0.05, 0) is 43.6 Å². The topological polar surface area (TPSA) is 15.3 Å². The predicted molar refractivity (Wildman–Crippen MR) is 85.0 cm³/mol. The third-order valence-electron chi connectivity index (χ3n) is 4.58. The number of rotatable bonds is 4. The average molecular weight is 276 g/mol. The summed E-state index contributed by atoms with van der Waals surface area (Å²) in [7, 11) is 0. The summed E-state index contributed by atoms with van der Waals surface area (Å²) >= 11 is 1.94. The molecule has 1 heterocycles. The number of nitrogens with zero attached hydrogens (tertiary/aromatic N) is 1. The van der Waals surface area contributed by atoms with E-state index in [1.54, 1.807) is 0 Å². The van der Waals surface area contributed by atoms with Crippen LogP contribution in [0.1, 0.15) is 25.3 Å². The monoisotopic (exact) mass is 276 g/mol. The Hall–Kier alpha value is -0.670. The standard InChI is InChI=1S/C16H24N2S/c1-16(14-7-8-14)12-18(9-10-19-2)15-6-4-3-5-13(15)11-17-16/h3-6,14,17H,7-12H2,1-2H3. The Morgan fingerprint density at radius 1 is 1.37 bits per heavy atom. The van der Waals surface area contributed by atoms with Gasteiger partial charge in [-0.2, -0.15) is 11.8 Å². The van der Waals surface area contributed by atoms with Gasteiger partial charge in [0, 0.05) is 36.6 Å². The fraction of sp³-hybridized carbons (Fsp3) is 0.625. The minimum Gasteiger partial charge on any atom is -0.369 e. The zero-order valence-electron chi connectivity index (χ0n) is 12.0. The van der Waals surface area contributed by atoms with Gasteiger partial charge in [0.1, 0.15) is 0 Å². The third-order valence-corrected chi connectivity index (χ3v) is 5.17. The Bertz CT molecular complexity index is 444. The number of nitrogens with one attached hydrogen (secondary N) is 1. The van der Waals surface area contributed by atoms with E-state index in [2.05, 4.69) is 47.7 Å². The lowest BCUT2D eigenvalue weighted by atomic mass is 9.95. The zero-order valence-corrected chi connectivity index (χ0v) is 12.8. The molecule has 0 aromatic heterocycles. The van der Waals surface area contributed by atoms with Crippen LogP contribution in [0.4, 0.5) is 5.69 Å². The van der Waals surface area contributed by atoms with Gasteiger partial charge in [-0.15, -0.1) is 0 Å². The van der Waals surface area contributed by atoms with Crippen LogP contribution >= 0.6 is 11.8 Å². The van der Waals surface area contributed by atoms with Crippen LogP contribution in [-0.2, 0) is 6.54 Å². The molecule has 2 aliphatic rings. The molecule has 1 aliphatic carbocycles. The highest BCUT2D eigenvalue weighted by Gasteiger charge is 2.43. The normalized spacial score (nSPS) is 26.9. The molecule has 1 atom stereocenters. The Labute approximate surface area is 121 Å². The molecule has 1 unspecified atom stereocenters. The third kappa shape index (κ3) is 2.77. The molecule has 1 aromatic rings. The van der Waals surface area contributed by atoms with Gasteiger partial charge in [0.15, 0.2) is 0 Å². The highest BCUT2D eigenvalue weighted by atomic mass is 32.2. The molecule has 1 saturated carbocycles. The van der Waals surface area contributed by atoms with Gasteiger partial charge >= 0.3 is 0 Å². The van der Waals surface area contributed by atoms with E-state index in [-0.39, 0.29) is 5.54 Å². The SMILES string of the molecule is CSCCN1CC(C)(C2CC2)NCc2ccccc21. The number of benzene rings is 1. The van der Waals surface area contributed by atoms with Crippen molar-refractivity contribution < 1.29 is 0 Å². The first-order valence-corrected chi connectivity index (χ1v) is 8.69. The van der Waals surface area contributed by atoms with Crippen LogP contribution in [-0.4, -0.2) is 30.6 Å². The number of hydrogen-bond acceptors (Lipinski definition) is 3. The van der Waals surface area contributed by atoms with E-state index >= 15 is 0 Å². The summed E-state index contributed by atoms with van der Waals surface area (Å²) in [5, 5.41) is 3.83. The molecular weight excluding hydrogens is 252 g/mol. The van der Waals surface area contributed by atoms with E-state index in [1.807, 2.05) is 11.8 Å². The molecule has 0 radical (unpaired) electrons. The molecular formula is C16H24N2S. The first-order valence-electron chi connectivity index (χ1n) is 7.30. The van der Waals surface area contributed by atoms with Crippen LogP contribution in [0.15, 0.2) is 24.3 Å². The molecule has 104 valence electrons.